The summed E-state index contributed by atoms with van der Waals surface area (Å²) < 4.78 is 38.3. The Labute approximate surface area is 195 Å². The molecule has 11 heteroatoms. The van der Waals surface area contributed by atoms with Crippen molar-refractivity contribution in [3.63, 3.8) is 0 Å². The van der Waals surface area contributed by atoms with E-state index in [0.29, 0.717) is 28.8 Å². The molecule has 0 aliphatic carbocycles. The van der Waals surface area contributed by atoms with E-state index in [-0.39, 0.29) is 23.7 Å². The number of carbonyl (C=O) groups excluding carboxylic acids is 1. The number of carbonyl (C=O) groups is 1. The van der Waals surface area contributed by atoms with Gasteiger partial charge in [0.05, 0.1) is 28.2 Å². The Morgan fingerprint density at radius 2 is 1.85 bits per heavy atom. The van der Waals surface area contributed by atoms with E-state index in [2.05, 4.69) is 0 Å². The number of nitro benzene ring substituents is 1. The van der Waals surface area contributed by atoms with E-state index in [0.717, 1.165) is 16.1 Å². The fourth-order valence-corrected chi connectivity index (χ4v) is 5.01. The second-order valence-corrected chi connectivity index (χ2v) is 9.09. The molecule has 0 fully saturated rings. The lowest BCUT2D eigenvalue weighted by atomic mass is 10.1. The molecule has 1 amide bonds. The second kappa shape index (κ2) is 9.40. The van der Waals surface area contributed by atoms with Gasteiger partial charge in [0.25, 0.3) is 15.7 Å². The zero-order valence-corrected chi connectivity index (χ0v) is 19.0. The van der Waals surface area contributed by atoms with Crippen molar-refractivity contribution in [1.29, 1.82) is 0 Å². The predicted molar refractivity (Wildman–Crippen MR) is 124 cm³/mol. The number of ether oxygens (including phenoxy) is 1. The van der Waals surface area contributed by atoms with Crippen LogP contribution >= 0.6 is 0 Å². The van der Waals surface area contributed by atoms with Crippen molar-refractivity contribution in [2.75, 3.05) is 18.1 Å². The summed E-state index contributed by atoms with van der Waals surface area (Å²) in [4.78, 5) is 24.0. The Balaban J connectivity index is 1.69. The maximum Gasteiger partial charge on any atom is 0.416 e. The summed E-state index contributed by atoms with van der Waals surface area (Å²) in [5.41, 5.74) is 0.951. The van der Waals surface area contributed by atoms with Crippen molar-refractivity contribution in [1.82, 2.24) is 3.97 Å². The van der Waals surface area contributed by atoms with Gasteiger partial charge in [-0.05, 0) is 43.2 Å². The first-order valence-electron chi connectivity index (χ1n) is 10.4. The maximum absolute atomic E-state index is 13.4. The van der Waals surface area contributed by atoms with E-state index in [1.165, 1.54) is 29.5 Å². The minimum atomic E-state index is -4.02. The van der Waals surface area contributed by atoms with Crippen LogP contribution in [-0.4, -0.2) is 36.6 Å². The van der Waals surface area contributed by atoms with Crippen LogP contribution in [0.1, 0.15) is 12.5 Å². The number of benzene rings is 2. The van der Waals surface area contributed by atoms with Gasteiger partial charge in [-0.2, -0.15) is 0 Å². The van der Waals surface area contributed by atoms with Gasteiger partial charge in [0, 0.05) is 36.3 Å². The SMILES string of the molecule is CCOC(=O)N(CCc1cn(S(=O)(=O)c2ccc([N+](=O)[O-])cc2)c2ccccc12)c1ccco1. The van der Waals surface area contributed by atoms with Crippen molar-refractivity contribution in [2.45, 2.75) is 18.2 Å². The van der Waals surface area contributed by atoms with E-state index in [9.17, 15) is 23.3 Å². The van der Waals surface area contributed by atoms with E-state index in [1.54, 1.807) is 43.3 Å². The summed E-state index contributed by atoms with van der Waals surface area (Å²) in [7, 11) is -4.02. The third kappa shape index (κ3) is 4.37. The van der Waals surface area contributed by atoms with E-state index in [1.807, 2.05) is 0 Å². The van der Waals surface area contributed by atoms with Gasteiger partial charge in [-0.3, -0.25) is 10.1 Å². The van der Waals surface area contributed by atoms with E-state index in [4.69, 9.17) is 9.15 Å². The van der Waals surface area contributed by atoms with Crippen molar-refractivity contribution < 1.29 is 27.3 Å². The quantitative estimate of drug-likeness (QED) is 0.265. The van der Waals surface area contributed by atoms with Crippen LogP contribution in [0.15, 0.2) is 82.4 Å². The summed E-state index contributed by atoms with van der Waals surface area (Å²) in [6.07, 6.45) is 2.71. The monoisotopic (exact) mass is 483 g/mol. The molecule has 0 aliphatic rings. The molecular weight excluding hydrogens is 462 g/mol. The van der Waals surface area contributed by atoms with Crippen molar-refractivity contribution in [2.24, 2.45) is 0 Å². The normalized spacial score (nSPS) is 11.4. The molecule has 34 heavy (non-hydrogen) atoms. The first-order chi connectivity index (χ1) is 16.3. The maximum atomic E-state index is 13.4. The predicted octanol–water partition coefficient (Wildman–Crippen LogP) is 4.59. The zero-order valence-electron chi connectivity index (χ0n) is 18.2. The number of furan rings is 1. The molecule has 4 rings (SSSR count). The summed E-state index contributed by atoms with van der Waals surface area (Å²) in [5.74, 6) is 0.320. The second-order valence-electron chi connectivity index (χ2n) is 7.28. The molecule has 0 bridgehead atoms. The number of fused-ring (bicyclic) bond motifs is 1. The van der Waals surface area contributed by atoms with Gasteiger partial charge in [0.1, 0.15) is 0 Å². The third-order valence-electron chi connectivity index (χ3n) is 5.23. The molecule has 0 atom stereocenters. The van der Waals surface area contributed by atoms with Crippen LogP contribution in [0.2, 0.25) is 0 Å². The van der Waals surface area contributed by atoms with Crippen LogP contribution in [0, 0.1) is 10.1 Å². The Bertz CT molecular complexity index is 1430. The molecular formula is C23H21N3O7S. The number of non-ortho nitro benzene ring substituents is 1. The highest BCUT2D eigenvalue weighted by atomic mass is 32.2. The van der Waals surface area contributed by atoms with E-state index < -0.39 is 21.0 Å². The summed E-state index contributed by atoms with van der Waals surface area (Å²) in [6.45, 7) is 2.09. The Morgan fingerprint density at radius 1 is 1.12 bits per heavy atom. The topological polar surface area (TPSA) is 125 Å². The molecule has 176 valence electrons. The number of nitrogens with zero attached hydrogens (tertiary/aromatic N) is 3. The van der Waals surface area contributed by atoms with Gasteiger partial charge < -0.3 is 9.15 Å². The standard InChI is InChI=1S/C23H21N3O7S/c1-2-32-23(27)24(22-8-5-15-33-22)14-13-17-16-25(21-7-4-3-6-20(17)21)34(30,31)19-11-9-18(10-12-19)26(28)29/h3-12,15-16H,2,13-14H2,1H3. The molecule has 0 saturated carbocycles. The van der Waals surface area contributed by atoms with Crippen LogP contribution in [-0.2, 0) is 21.2 Å². The number of anilines is 1. The minimum absolute atomic E-state index is 0.0749. The molecule has 0 radical (unpaired) electrons. The van der Waals surface area contributed by atoms with Gasteiger partial charge in [-0.25, -0.2) is 22.1 Å². The lowest BCUT2D eigenvalue weighted by Gasteiger charge is -2.18. The van der Waals surface area contributed by atoms with E-state index >= 15 is 0 Å². The fraction of sp³-hybridized carbons (Fsp3) is 0.174. The molecule has 0 saturated heterocycles. The van der Waals surface area contributed by atoms with Gasteiger partial charge in [0.2, 0.25) is 5.88 Å². The molecule has 0 aliphatic heterocycles. The molecule has 0 spiro atoms. The Morgan fingerprint density at radius 3 is 2.50 bits per heavy atom. The van der Waals surface area contributed by atoms with Gasteiger partial charge in [0.15, 0.2) is 0 Å². The third-order valence-corrected chi connectivity index (χ3v) is 6.92. The molecule has 2 aromatic carbocycles. The molecule has 0 unspecified atom stereocenters. The smallest absolute Gasteiger partial charge is 0.416 e. The molecule has 10 nitrogen and oxygen atoms in total. The van der Waals surface area contributed by atoms with Gasteiger partial charge in [-0.15, -0.1) is 0 Å². The number of aromatic nitrogens is 1. The first-order valence-corrected chi connectivity index (χ1v) is 11.8. The number of hydrogen-bond donors (Lipinski definition) is 0. The summed E-state index contributed by atoms with van der Waals surface area (Å²) in [6, 6.07) is 15.0. The van der Waals surface area contributed by atoms with Gasteiger partial charge >= 0.3 is 6.09 Å². The lowest BCUT2D eigenvalue weighted by Crippen LogP contribution is -2.33. The number of para-hydroxylation sites is 1. The molecule has 2 aromatic heterocycles. The number of rotatable bonds is 8. The fourth-order valence-electron chi connectivity index (χ4n) is 3.62. The van der Waals surface area contributed by atoms with Crippen molar-refractivity contribution >= 4 is 38.6 Å². The van der Waals surface area contributed by atoms with Crippen molar-refractivity contribution in [3.05, 3.63) is 88.8 Å². The van der Waals surface area contributed by atoms with Crippen LogP contribution in [0.4, 0.5) is 16.4 Å². The molecule has 4 aromatic rings. The molecule has 0 N–H and O–H groups in total. The summed E-state index contributed by atoms with van der Waals surface area (Å²) in [5, 5.41) is 11.6. The van der Waals surface area contributed by atoms with Crippen LogP contribution in [0.3, 0.4) is 0 Å². The lowest BCUT2D eigenvalue weighted by molar-refractivity contribution is -0.384. The van der Waals surface area contributed by atoms with Gasteiger partial charge in [-0.1, -0.05) is 18.2 Å². The number of nitro groups is 1. The Kier molecular flexibility index (Phi) is 6.37. The summed E-state index contributed by atoms with van der Waals surface area (Å²) >= 11 is 0. The highest BCUT2D eigenvalue weighted by molar-refractivity contribution is 7.90. The van der Waals surface area contributed by atoms with Crippen molar-refractivity contribution in [3.8, 4) is 0 Å². The minimum Gasteiger partial charge on any atom is -0.449 e. The highest BCUT2D eigenvalue weighted by Crippen LogP contribution is 2.28. The largest absolute Gasteiger partial charge is 0.449 e. The highest BCUT2D eigenvalue weighted by Gasteiger charge is 2.24. The first kappa shape index (κ1) is 23.1. The number of hydrogen-bond acceptors (Lipinski definition) is 7. The van der Waals surface area contributed by atoms with Crippen LogP contribution in [0.5, 0.6) is 0 Å². The van der Waals surface area contributed by atoms with Crippen LogP contribution < -0.4 is 4.90 Å². The van der Waals surface area contributed by atoms with Crippen LogP contribution in [0.25, 0.3) is 10.9 Å². The average Bonchev–Trinajstić information content (AvgIpc) is 3.48. The number of amides is 1. The Hall–Kier alpha value is -4.12. The molecule has 2 heterocycles. The average molecular weight is 484 g/mol. The zero-order chi connectivity index (χ0) is 24.3.